The highest BCUT2D eigenvalue weighted by molar-refractivity contribution is 5.73. The Morgan fingerprint density at radius 3 is 1.97 bits per heavy atom. The van der Waals surface area contributed by atoms with Gasteiger partial charge in [-0.1, -0.05) is 113 Å². The van der Waals surface area contributed by atoms with Crippen LogP contribution in [0.15, 0.2) is 72.8 Å². The van der Waals surface area contributed by atoms with Gasteiger partial charge in [-0.2, -0.15) is 0 Å². The van der Waals surface area contributed by atoms with Crippen molar-refractivity contribution in [3.63, 3.8) is 0 Å². The van der Waals surface area contributed by atoms with Crippen molar-refractivity contribution in [2.45, 2.75) is 64.7 Å². The first-order chi connectivity index (χ1) is 14.1. The van der Waals surface area contributed by atoms with Crippen LogP contribution in [0, 0.1) is 0 Å². The molecule has 0 aromatic heterocycles. The lowest BCUT2D eigenvalue weighted by Gasteiger charge is -2.30. The molecule has 29 heavy (non-hydrogen) atoms. The molecule has 0 aliphatic heterocycles. The lowest BCUT2D eigenvalue weighted by atomic mass is 9.74. The third-order valence-electron chi connectivity index (χ3n) is 6.04. The molecule has 0 aliphatic carbocycles. The summed E-state index contributed by atoms with van der Waals surface area (Å²) in [6.45, 7) is 6.67. The van der Waals surface area contributed by atoms with Crippen molar-refractivity contribution in [2.75, 3.05) is 0 Å². The van der Waals surface area contributed by atoms with E-state index in [2.05, 4.69) is 69.3 Å². The molecule has 0 saturated carbocycles. The smallest absolute Gasteiger partial charge is 0.119 e. The summed E-state index contributed by atoms with van der Waals surface area (Å²) in [5, 5.41) is 10.5. The summed E-state index contributed by atoms with van der Waals surface area (Å²) in [6.07, 6.45) is 7.60. The van der Waals surface area contributed by atoms with Crippen LogP contribution in [0.4, 0.5) is 0 Å². The maximum absolute atomic E-state index is 10.5. The second kappa shape index (κ2) is 9.78. The summed E-state index contributed by atoms with van der Waals surface area (Å²) in [4.78, 5) is 0. The summed E-state index contributed by atoms with van der Waals surface area (Å²) < 4.78 is 0. The van der Waals surface area contributed by atoms with Gasteiger partial charge in [-0.15, -0.1) is 0 Å². The second-order valence-electron chi connectivity index (χ2n) is 8.51. The fourth-order valence-electron chi connectivity index (χ4n) is 4.33. The molecule has 1 N–H and O–H groups in total. The normalized spacial score (nSPS) is 11.6. The fourth-order valence-corrected chi connectivity index (χ4v) is 4.33. The lowest BCUT2D eigenvalue weighted by Crippen LogP contribution is -2.20. The standard InChI is InChI=1S/C28H34O/c1-4-5-6-7-8-15-22-16-9-10-17-23(22)24-18-11-12-19-25(24)28(2,3)26-20-13-14-21-27(26)29/h9-14,16-21,29H,4-8,15H2,1-3H3. The van der Waals surface area contributed by atoms with Crippen LogP contribution >= 0.6 is 0 Å². The number of phenols is 1. The number of benzene rings is 3. The molecule has 0 bridgehead atoms. The molecule has 3 aromatic rings. The van der Waals surface area contributed by atoms with Crippen LogP contribution in [-0.4, -0.2) is 5.11 Å². The van der Waals surface area contributed by atoms with Gasteiger partial charge in [0, 0.05) is 11.0 Å². The van der Waals surface area contributed by atoms with Gasteiger partial charge in [0.2, 0.25) is 0 Å². The Morgan fingerprint density at radius 2 is 1.24 bits per heavy atom. The van der Waals surface area contributed by atoms with Gasteiger partial charge in [0.25, 0.3) is 0 Å². The topological polar surface area (TPSA) is 20.2 Å². The molecule has 0 heterocycles. The molecule has 0 atom stereocenters. The molecule has 3 aromatic carbocycles. The molecule has 0 saturated heterocycles. The molecule has 3 rings (SSSR count). The Bertz CT molecular complexity index is 923. The van der Waals surface area contributed by atoms with Gasteiger partial charge < -0.3 is 5.11 Å². The highest BCUT2D eigenvalue weighted by Gasteiger charge is 2.28. The molecule has 0 aliphatic rings. The van der Waals surface area contributed by atoms with Crippen LogP contribution in [0.1, 0.15) is 69.6 Å². The van der Waals surface area contributed by atoms with Crippen LogP contribution in [0.25, 0.3) is 11.1 Å². The average Bonchev–Trinajstić information content (AvgIpc) is 2.74. The Morgan fingerprint density at radius 1 is 0.655 bits per heavy atom. The molecule has 1 heteroatoms. The van der Waals surface area contributed by atoms with E-state index in [1.807, 2.05) is 18.2 Å². The van der Waals surface area contributed by atoms with Crippen LogP contribution in [0.5, 0.6) is 5.75 Å². The van der Waals surface area contributed by atoms with E-state index >= 15 is 0 Å². The minimum atomic E-state index is -0.295. The largest absolute Gasteiger partial charge is 0.508 e. The number of hydrogen-bond donors (Lipinski definition) is 1. The fraction of sp³-hybridized carbons (Fsp3) is 0.357. The van der Waals surface area contributed by atoms with Gasteiger partial charge in [-0.3, -0.25) is 0 Å². The molecule has 0 amide bonds. The van der Waals surface area contributed by atoms with Crippen molar-refractivity contribution in [3.8, 4) is 16.9 Å². The van der Waals surface area contributed by atoms with Crippen molar-refractivity contribution >= 4 is 0 Å². The minimum Gasteiger partial charge on any atom is -0.508 e. The number of aromatic hydroxyl groups is 1. The Labute approximate surface area is 176 Å². The first-order valence-electron chi connectivity index (χ1n) is 11.0. The van der Waals surface area contributed by atoms with Crippen molar-refractivity contribution in [2.24, 2.45) is 0 Å². The molecule has 1 nitrogen and oxygen atoms in total. The SMILES string of the molecule is CCCCCCCc1ccccc1-c1ccccc1C(C)(C)c1ccccc1O. The summed E-state index contributed by atoms with van der Waals surface area (Å²) in [5.74, 6) is 0.358. The van der Waals surface area contributed by atoms with E-state index in [0.717, 1.165) is 12.0 Å². The highest BCUT2D eigenvalue weighted by atomic mass is 16.3. The average molecular weight is 387 g/mol. The number of hydrogen-bond acceptors (Lipinski definition) is 1. The van der Waals surface area contributed by atoms with Gasteiger partial charge in [0.1, 0.15) is 5.75 Å². The zero-order valence-corrected chi connectivity index (χ0v) is 18.1. The molecule has 0 unspecified atom stereocenters. The lowest BCUT2D eigenvalue weighted by molar-refractivity contribution is 0.453. The van der Waals surface area contributed by atoms with E-state index in [0.29, 0.717) is 5.75 Å². The highest BCUT2D eigenvalue weighted by Crippen LogP contribution is 2.41. The van der Waals surface area contributed by atoms with Crippen molar-refractivity contribution < 1.29 is 5.11 Å². The number of aryl methyl sites for hydroxylation is 1. The van der Waals surface area contributed by atoms with Crippen molar-refractivity contribution in [1.29, 1.82) is 0 Å². The maximum atomic E-state index is 10.5. The van der Waals surface area contributed by atoms with Crippen LogP contribution < -0.4 is 0 Å². The number of rotatable bonds is 9. The van der Waals surface area contributed by atoms with Crippen LogP contribution in [0.3, 0.4) is 0 Å². The summed E-state index contributed by atoms with van der Waals surface area (Å²) in [5.41, 5.74) is 5.93. The van der Waals surface area contributed by atoms with Gasteiger partial charge in [-0.25, -0.2) is 0 Å². The predicted octanol–water partition coefficient (Wildman–Crippen LogP) is 7.90. The first kappa shape index (κ1) is 21.2. The van der Waals surface area contributed by atoms with E-state index < -0.39 is 0 Å². The van der Waals surface area contributed by atoms with E-state index in [-0.39, 0.29) is 5.41 Å². The van der Waals surface area contributed by atoms with Gasteiger partial charge in [-0.05, 0) is 41.2 Å². The third kappa shape index (κ3) is 4.90. The summed E-state index contributed by atoms with van der Waals surface area (Å²) in [6, 6.07) is 25.2. The van der Waals surface area contributed by atoms with Crippen molar-refractivity contribution in [1.82, 2.24) is 0 Å². The minimum absolute atomic E-state index is 0.295. The number of unbranched alkanes of at least 4 members (excludes halogenated alkanes) is 4. The molecule has 152 valence electrons. The van der Waals surface area contributed by atoms with Crippen LogP contribution in [-0.2, 0) is 11.8 Å². The number of phenolic OH excluding ortho intramolecular Hbond substituents is 1. The molecule has 0 fully saturated rings. The van der Waals surface area contributed by atoms with E-state index in [1.54, 1.807) is 6.07 Å². The maximum Gasteiger partial charge on any atom is 0.119 e. The monoisotopic (exact) mass is 386 g/mol. The van der Waals surface area contributed by atoms with E-state index in [4.69, 9.17) is 0 Å². The van der Waals surface area contributed by atoms with Gasteiger partial charge in [0.05, 0.1) is 0 Å². The van der Waals surface area contributed by atoms with E-state index in [1.165, 1.54) is 54.4 Å². The summed E-state index contributed by atoms with van der Waals surface area (Å²) in [7, 11) is 0. The van der Waals surface area contributed by atoms with Crippen molar-refractivity contribution in [3.05, 3.63) is 89.5 Å². The Balaban J connectivity index is 1.97. The molecular weight excluding hydrogens is 352 g/mol. The zero-order valence-electron chi connectivity index (χ0n) is 18.1. The van der Waals surface area contributed by atoms with Crippen LogP contribution in [0.2, 0.25) is 0 Å². The molecule has 0 radical (unpaired) electrons. The Hall–Kier alpha value is -2.54. The molecule has 0 spiro atoms. The zero-order chi connectivity index (χ0) is 20.7. The quantitative estimate of drug-likeness (QED) is 0.371. The summed E-state index contributed by atoms with van der Waals surface area (Å²) >= 11 is 0. The van der Waals surface area contributed by atoms with Gasteiger partial charge in [0.15, 0.2) is 0 Å². The van der Waals surface area contributed by atoms with Gasteiger partial charge >= 0.3 is 0 Å². The Kier molecular flexibility index (Phi) is 7.14. The van der Waals surface area contributed by atoms with E-state index in [9.17, 15) is 5.11 Å². The molecular formula is C28H34O. The first-order valence-corrected chi connectivity index (χ1v) is 11.0. The number of para-hydroxylation sites is 1. The third-order valence-corrected chi connectivity index (χ3v) is 6.04. The second-order valence-corrected chi connectivity index (χ2v) is 8.51. The predicted molar refractivity (Wildman–Crippen MR) is 125 cm³/mol.